The van der Waals surface area contributed by atoms with E-state index in [2.05, 4.69) is 10.4 Å². The monoisotopic (exact) mass is 375 g/mol. The van der Waals surface area contributed by atoms with Crippen LogP contribution in [0, 0.1) is 5.82 Å². The number of benzene rings is 2. The first kappa shape index (κ1) is 17.6. The largest absolute Gasteiger partial charge is 0.416 e. The van der Waals surface area contributed by atoms with Gasteiger partial charge in [0.25, 0.3) is 0 Å². The molecule has 1 aliphatic rings. The predicted octanol–water partition coefficient (Wildman–Crippen LogP) is 5.45. The Morgan fingerprint density at radius 2 is 1.70 bits per heavy atom. The van der Waals surface area contributed by atoms with E-state index in [-0.39, 0.29) is 0 Å². The molecular formula is C20H17F4N3. The molecule has 7 heteroatoms. The van der Waals surface area contributed by atoms with Gasteiger partial charge in [-0.15, -0.1) is 0 Å². The van der Waals surface area contributed by atoms with Crippen LogP contribution in [0.3, 0.4) is 0 Å². The van der Waals surface area contributed by atoms with Gasteiger partial charge in [0.15, 0.2) is 0 Å². The van der Waals surface area contributed by atoms with E-state index in [1.807, 2.05) is 0 Å². The molecule has 0 radical (unpaired) electrons. The topological polar surface area (TPSA) is 29.9 Å². The van der Waals surface area contributed by atoms with Crippen LogP contribution < -0.4 is 5.32 Å². The lowest BCUT2D eigenvalue weighted by molar-refractivity contribution is -0.137. The summed E-state index contributed by atoms with van der Waals surface area (Å²) in [6, 6.07) is 11.3. The average molecular weight is 375 g/mol. The Labute approximate surface area is 153 Å². The summed E-state index contributed by atoms with van der Waals surface area (Å²) in [5.74, 6) is 0.292. The van der Waals surface area contributed by atoms with Crippen LogP contribution in [-0.2, 0) is 12.6 Å². The first-order valence-electron chi connectivity index (χ1n) is 8.73. The van der Waals surface area contributed by atoms with Crippen LogP contribution in [-0.4, -0.2) is 16.3 Å². The zero-order valence-corrected chi connectivity index (χ0v) is 14.4. The number of hydrogen-bond acceptors (Lipinski definition) is 2. The number of alkyl halides is 3. The van der Waals surface area contributed by atoms with Gasteiger partial charge in [0.05, 0.1) is 11.3 Å². The Kier molecular flexibility index (Phi) is 4.37. The molecule has 3 nitrogen and oxygen atoms in total. The summed E-state index contributed by atoms with van der Waals surface area (Å²) in [5.41, 5.74) is 1.66. The van der Waals surface area contributed by atoms with Crippen LogP contribution in [0.1, 0.15) is 24.0 Å². The van der Waals surface area contributed by atoms with Crippen molar-refractivity contribution in [2.24, 2.45) is 0 Å². The molecule has 0 unspecified atom stereocenters. The molecule has 27 heavy (non-hydrogen) atoms. The molecule has 0 saturated heterocycles. The third kappa shape index (κ3) is 3.29. The summed E-state index contributed by atoms with van der Waals surface area (Å²) >= 11 is 0. The van der Waals surface area contributed by atoms with Crippen molar-refractivity contribution in [2.75, 3.05) is 11.9 Å². The molecule has 0 atom stereocenters. The summed E-state index contributed by atoms with van der Waals surface area (Å²) < 4.78 is 54.4. The lowest BCUT2D eigenvalue weighted by Gasteiger charge is -2.09. The average Bonchev–Trinajstić information content (AvgIpc) is 2.83. The number of aromatic nitrogens is 2. The molecule has 1 aliphatic heterocycles. The van der Waals surface area contributed by atoms with E-state index < -0.39 is 17.6 Å². The number of para-hydroxylation sites is 1. The summed E-state index contributed by atoms with van der Waals surface area (Å²) in [7, 11) is 0. The molecule has 2 aromatic carbocycles. The highest BCUT2D eigenvalue weighted by Crippen LogP contribution is 2.36. The van der Waals surface area contributed by atoms with E-state index in [4.69, 9.17) is 0 Å². The van der Waals surface area contributed by atoms with E-state index in [0.29, 0.717) is 22.8 Å². The van der Waals surface area contributed by atoms with Crippen LogP contribution >= 0.6 is 0 Å². The SMILES string of the molecule is Fc1ccccc1-n1nc(-c2ccc(C(F)(F)F)cc2)c2c1NCCCC2. The first-order valence-corrected chi connectivity index (χ1v) is 8.73. The molecule has 1 N–H and O–H groups in total. The summed E-state index contributed by atoms with van der Waals surface area (Å²) in [5, 5.41) is 7.86. The Morgan fingerprint density at radius 3 is 2.41 bits per heavy atom. The van der Waals surface area contributed by atoms with Gasteiger partial charge in [-0.25, -0.2) is 9.07 Å². The fourth-order valence-electron chi connectivity index (χ4n) is 3.35. The van der Waals surface area contributed by atoms with Crippen LogP contribution in [0.4, 0.5) is 23.4 Å². The number of halogens is 4. The van der Waals surface area contributed by atoms with Crippen molar-refractivity contribution in [2.45, 2.75) is 25.4 Å². The van der Waals surface area contributed by atoms with E-state index in [9.17, 15) is 17.6 Å². The molecule has 0 fully saturated rings. The highest BCUT2D eigenvalue weighted by Gasteiger charge is 2.30. The third-order valence-corrected chi connectivity index (χ3v) is 4.70. The van der Waals surface area contributed by atoms with E-state index >= 15 is 0 Å². The first-order chi connectivity index (χ1) is 12.9. The Balaban J connectivity index is 1.85. The highest BCUT2D eigenvalue weighted by molar-refractivity contribution is 5.71. The maximum atomic E-state index is 14.3. The van der Waals surface area contributed by atoms with Crippen molar-refractivity contribution in [3.8, 4) is 16.9 Å². The van der Waals surface area contributed by atoms with Gasteiger partial charge >= 0.3 is 6.18 Å². The second kappa shape index (κ2) is 6.72. The van der Waals surface area contributed by atoms with Gasteiger partial charge in [0.2, 0.25) is 0 Å². The molecule has 0 aliphatic carbocycles. The number of nitrogens with one attached hydrogen (secondary N) is 1. The van der Waals surface area contributed by atoms with Crippen LogP contribution in [0.5, 0.6) is 0 Å². The maximum absolute atomic E-state index is 14.3. The predicted molar refractivity (Wildman–Crippen MR) is 95.4 cm³/mol. The molecule has 3 aromatic rings. The summed E-state index contributed by atoms with van der Waals surface area (Å²) in [6.45, 7) is 0.736. The second-order valence-corrected chi connectivity index (χ2v) is 6.50. The van der Waals surface area contributed by atoms with Crippen molar-refractivity contribution < 1.29 is 17.6 Å². The number of anilines is 1. The van der Waals surface area contributed by atoms with E-state index in [1.165, 1.54) is 22.9 Å². The lowest BCUT2D eigenvalue weighted by Crippen LogP contribution is -2.08. The Bertz CT molecular complexity index is 958. The summed E-state index contributed by atoms with van der Waals surface area (Å²) in [6.07, 6.45) is -1.77. The minimum atomic E-state index is -4.39. The molecule has 0 saturated carbocycles. The van der Waals surface area contributed by atoms with Gasteiger partial charge < -0.3 is 5.32 Å². The lowest BCUT2D eigenvalue weighted by atomic mass is 10.0. The molecule has 2 heterocycles. The fraction of sp³-hybridized carbons (Fsp3) is 0.250. The zero-order valence-electron chi connectivity index (χ0n) is 14.4. The number of nitrogens with zero attached hydrogens (tertiary/aromatic N) is 2. The van der Waals surface area contributed by atoms with Crippen molar-refractivity contribution in [3.05, 3.63) is 65.5 Å². The van der Waals surface area contributed by atoms with Crippen LogP contribution in [0.15, 0.2) is 48.5 Å². The number of hydrogen-bond donors (Lipinski definition) is 1. The molecule has 140 valence electrons. The smallest absolute Gasteiger partial charge is 0.370 e. The van der Waals surface area contributed by atoms with Crippen LogP contribution in [0.2, 0.25) is 0 Å². The number of fused-ring (bicyclic) bond motifs is 1. The van der Waals surface area contributed by atoms with Gasteiger partial charge in [0.1, 0.15) is 17.3 Å². The minimum absolute atomic E-state index is 0.307. The van der Waals surface area contributed by atoms with Crippen molar-refractivity contribution in [3.63, 3.8) is 0 Å². The molecular weight excluding hydrogens is 358 g/mol. The molecule has 0 bridgehead atoms. The van der Waals surface area contributed by atoms with Crippen LogP contribution in [0.25, 0.3) is 16.9 Å². The standard InChI is InChI=1S/C20H17F4N3/c21-16-6-1-2-7-17(16)27-19-15(5-3-4-12-25-19)18(26-27)13-8-10-14(11-9-13)20(22,23)24/h1-2,6-11,25H,3-5,12H2. The quantitative estimate of drug-likeness (QED) is 0.604. The number of rotatable bonds is 2. The molecule has 1 aromatic heterocycles. The normalized spacial score (nSPS) is 14.4. The van der Waals surface area contributed by atoms with Gasteiger partial charge in [-0.1, -0.05) is 24.3 Å². The van der Waals surface area contributed by atoms with Crippen molar-refractivity contribution in [1.29, 1.82) is 0 Å². The van der Waals surface area contributed by atoms with Gasteiger partial charge in [-0.2, -0.15) is 18.3 Å². The van der Waals surface area contributed by atoms with Gasteiger partial charge in [-0.3, -0.25) is 0 Å². The van der Waals surface area contributed by atoms with Gasteiger partial charge in [-0.05, 0) is 43.5 Å². The fourth-order valence-corrected chi connectivity index (χ4v) is 3.35. The molecule has 4 rings (SSSR count). The third-order valence-electron chi connectivity index (χ3n) is 4.70. The van der Waals surface area contributed by atoms with Crippen molar-refractivity contribution in [1.82, 2.24) is 9.78 Å². The minimum Gasteiger partial charge on any atom is -0.370 e. The molecule has 0 amide bonds. The highest BCUT2D eigenvalue weighted by atomic mass is 19.4. The summed E-state index contributed by atoms with van der Waals surface area (Å²) in [4.78, 5) is 0. The van der Waals surface area contributed by atoms with Crippen molar-refractivity contribution >= 4 is 5.82 Å². The zero-order chi connectivity index (χ0) is 19.0. The van der Waals surface area contributed by atoms with Gasteiger partial charge in [0, 0.05) is 17.7 Å². The van der Waals surface area contributed by atoms with E-state index in [1.54, 1.807) is 18.2 Å². The maximum Gasteiger partial charge on any atom is 0.416 e. The van der Waals surface area contributed by atoms with E-state index in [0.717, 1.165) is 43.5 Å². The molecule has 0 spiro atoms. The Morgan fingerprint density at radius 1 is 0.963 bits per heavy atom. The second-order valence-electron chi connectivity index (χ2n) is 6.50. The Hall–Kier alpha value is -2.83.